The van der Waals surface area contributed by atoms with Gasteiger partial charge < -0.3 is 5.32 Å². The van der Waals surface area contributed by atoms with E-state index in [4.69, 9.17) is 0 Å². The Labute approximate surface area is 79.7 Å². The van der Waals surface area contributed by atoms with Crippen LogP contribution in [0.25, 0.3) is 0 Å². The third kappa shape index (κ3) is 12.2. The van der Waals surface area contributed by atoms with E-state index in [1.54, 1.807) is 0 Å². The molecule has 0 saturated heterocycles. The highest BCUT2D eigenvalue weighted by molar-refractivity contribution is 4.95. The van der Waals surface area contributed by atoms with Crippen molar-refractivity contribution < 1.29 is 1.43 Å². The monoisotopic (exact) mass is 173 g/mol. The van der Waals surface area contributed by atoms with Crippen LogP contribution >= 0.6 is 0 Å². The van der Waals surface area contributed by atoms with Gasteiger partial charge in [0.2, 0.25) is 0 Å². The highest BCUT2D eigenvalue weighted by Gasteiger charge is 1.86. The van der Waals surface area contributed by atoms with Gasteiger partial charge in [0.05, 0.1) is 0 Å². The second-order valence-electron chi connectivity index (χ2n) is 2.80. The summed E-state index contributed by atoms with van der Waals surface area (Å²) in [6.07, 6.45) is 5.71. The fourth-order valence-corrected chi connectivity index (χ4v) is 0.717. The molecule has 76 valence electrons. The molecule has 0 aromatic carbocycles. The Morgan fingerprint density at radius 1 is 1.25 bits per heavy atom. The van der Waals surface area contributed by atoms with Crippen LogP contribution in [-0.2, 0) is 0 Å². The molecule has 0 aliphatic heterocycles. The van der Waals surface area contributed by atoms with Crippen LogP contribution < -0.4 is 5.32 Å². The summed E-state index contributed by atoms with van der Waals surface area (Å²) in [5.41, 5.74) is 1.36. The van der Waals surface area contributed by atoms with Gasteiger partial charge in [0.1, 0.15) is 0 Å². The van der Waals surface area contributed by atoms with Gasteiger partial charge in [-0.2, -0.15) is 0 Å². The van der Waals surface area contributed by atoms with Gasteiger partial charge in [0.15, 0.2) is 0 Å². The molecule has 0 aliphatic rings. The van der Waals surface area contributed by atoms with Crippen LogP contribution in [0.15, 0.2) is 11.8 Å². The Balaban J connectivity index is -0.000000220. The SMILES string of the molecule is C/C=C(\CC)NCCC.CCC.[HH]. The van der Waals surface area contributed by atoms with Crippen LogP contribution in [0.4, 0.5) is 0 Å². The van der Waals surface area contributed by atoms with Crippen molar-refractivity contribution >= 4 is 0 Å². The molecule has 1 nitrogen and oxygen atoms in total. The molecule has 0 atom stereocenters. The Morgan fingerprint density at radius 3 is 2.00 bits per heavy atom. The molecule has 1 heteroatoms. The van der Waals surface area contributed by atoms with Gasteiger partial charge in [-0.25, -0.2) is 0 Å². The third-order valence-electron chi connectivity index (χ3n) is 1.33. The van der Waals surface area contributed by atoms with Gasteiger partial charge in [0, 0.05) is 13.7 Å². The lowest BCUT2D eigenvalue weighted by atomic mass is 10.3. The summed E-state index contributed by atoms with van der Waals surface area (Å²) in [7, 11) is 0. The fourth-order valence-electron chi connectivity index (χ4n) is 0.717. The molecular weight excluding hydrogens is 146 g/mol. The number of hydrogen-bond acceptors (Lipinski definition) is 1. The molecule has 0 unspecified atom stereocenters. The summed E-state index contributed by atoms with van der Waals surface area (Å²) in [4.78, 5) is 0. The minimum atomic E-state index is 0. The van der Waals surface area contributed by atoms with Gasteiger partial charge in [-0.15, -0.1) is 0 Å². The number of hydrogen-bond donors (Lipinski definition) is 1. The molecule has 0 saturated carbocycles. The van der Waals surface area contributed by atoms with E-state index >= 15 is 0 Å². The van der Waals surface area contributed by atoms with Crippen molar-refractivity contribution in [3.05, 3.63) is 11.8 Å². The van der Waals surface area contributed by atoms with Gasteiger partial charge in [-0.1, -0.05) is 40.2 Å². The molecule has 0 aromatic rings. The molecule has 0 aromatic heterocycles. The molecular formula is C11H27N. The van der Waals surface area contributed by atoms with Crippen LogP contribution in [0.2, 0.25) is 0 Å². The van der Waals surface area contributed by atoms with E-state index in [0.717, 1.165) is 13.0 Å². The van der Waals surface area contributed by atoms with Crippen molar-refractivity contribution in [3.8, 4) is 0 Å². The summed E-state index contributed by atoms with van der Waals surface area (Å²) in [6.45, 7) is 11.8. The molecule has 0 spiro atoms. The fraction of sp³-hybridized carbons (Fsp3) is 0.818. The summed E-state index contributed by atoms with van der Waals surface area (Å²) >= 11 is 0. The first kappa shape index (κ1) is 14.1. The third-order valence-corrected chi connectivity index (χ3v) is 1.33. The Morgan fingerprint density at radius 2 is 1.75 bits per heavy atom. The zero-order chi connectivity index (χ0) is 9.82. The predicted octanol–water partition coefficient (Wildman–Crippen LogP) is 3.96. The number of nitrogens with one attached hydrogen (secondary N) is 1. The minimum Gasteiger partial charge on any atom is -0.389 e. The van der Waals surface area contributed by atoms with E-state index in [1.165, 1.54) is 18.5 Å². The average Bonchev–Trinajstić information content (AvgIpc) is 2.08. The van der Waals surface area contributed by atoms with Crippen molar-refractivity contribution in [2.24, 2.45) is 0 Å². The topological polar surface area (TPSA) is 12.0 Å². The zero-order valence-electron chi connectivity index (χ0n) is 9.41. The Kier molecular flexibility index (Phi) is 15.4. The predicted molar refractivity (Wildman–Crippen MR) is 60.4 cm³/mol. The molecule has 0 amide bonds. The zero-order valence-corrected chi connectivity index (χ0v) is 9.41. The Bertz CT molecular complexity index is 100. The minimum absolute atomic E-state index is 0. The summed E-state index contributed by atoms with van der Waals surface area (Å²) in [5, 5.41) is 3.33. The summed E-state index contributed by atoms with van der Waals surface area (Å²) < 4.78 is 0. The highest BCUT2D eigenvalue weighted by Crippen LogP contribution is 1.93. The van der Waals surface area contributed by atoms with Gasteiger partial charge >= 0.3 is 0 Å². The van der Waals surface area contributed by atoms with Crippen molar-refractivity contribution in [1.82, 2.24) is 5.32 Å². The quantitative estimate of drug-likeness (QED) is 0.678. The first-order chi connectivity index (χ1) is 5.76. The van der Waals surface area contributed by atoms with E-state index in [9.17, 15) is 0 Å². The van der Waals surface area contributed by atoms with E-state index < -0.39 is 0 Å². The molecule has 0 heterocycles. The lowest BCUT2D eigenvalue weighted by Crippen LogP contribution is -2.12. The lowest BCUT2D eigenvalue weighted by Gasteiger charge is -2.05. The van der Waals surface area contributed by atoms with Crippen LogP contribution in [-0.4, -0.2) is 6.54 Å². The van der Waals surface area contributed by atoms with Crippen molar-refractivity contribution in [2.75, 3.05) is 6.54 Å². The summed E-state index contributed by atoms with van der Waals surface area (Å²) in [5.74, 6) is 0. The molecule has 0 rings (SSSR count). The van der Waals surface area contributed by atoms with Gasteiger partial charge in [-0.05, 0) is 19.8 Å². The maximum Gasteiger partial charge on any atom is 0.0141 e. The normalized spacial score (nSPS) is 10.2. The van der Waals surface area contributed by atoms with Crippen LogP contribution in [0, 0.1) is 0 Å². The first-order valence-corrected chi connectivity index (χ1v) is 5.15. The number of allylic oxidation sites excluding steroid dienone is 2. The Hall–Kier alpha value is -0.460. The van der Waals surface area contributed by atoms with E-state index in [0.29, 0.717) is 0 Å². The molecule has 0 aliphatic carbocycles. The second kappa shape index (κ2) is 13.2. The van der Waals surface area contributed by atoms with Crippen LogP contribution in [0.1, 0.15) is 55.3 Å². The first-order valence-electron chi connectivity index (χ1n) is 5.15. The van der Waals surface area contributed by atoms with Crippen molar-refractivity contribution in [3.63, 3.8) is 0 Å². The lowest BCUT2D eigenvalue weighted by molar-refractivity contribution is 0.740. The molecule has 0 radical (unpaired) electrons. The van der Waals surface area contributed by atoms with Crippen molar-refractivity contribution in [2.45, 2.75) is 53.9 Å². The van der Waals surface area contributed by atoms with Gasteiger partial charge in [0.25, 0.3) is 0 Å². The van der Waals surface area contributed by atoms with Crippen LogP contribution in [0.3, 0.4) is 0 Å². The van der Waals surface area contributed by atoms with Crippen molar-refractivity contribution in [1.29, 1.82) is 0 Å². The molecule has 1 N–H and O–H groups in total. The van der Waals surface area contributed by atoms with Gasteiger partial charge in [-0.3, -0.25) is 0 Å². The van der Waals surface area contributed by atoms with Crippen LogP contribution in [0.5, 0.6) is 0 Å². The largest absolute Gasteiger partial charge is 0.389 e. The smallest absolute Gasteiger partial charge is 0.0141 e. The molecule has 0 fully saturated rings. The maximum atomic E-state index is 3.33. The van der Waals surface area contributed by atoms with E-state index in [1.807, 2.05) is 0 Å². The number of rotatable bonds is 4. The molecule has 0 bridgehead atoms. The molecule has 12 heavy (non-hydrogen) atoms. The second-order valence-corrected chi connectivity index (χ2v) is 2.80. The summed E-state index contributed by atoms with van der Waals surface area (Å²) in [6, 6.07) is 0. The van der Waals surface area contributed by atoms with E-state index in [2.05, 4.69) is 46.0 Å². The standard InChI is InChI=1S/C8H17N.C3H8.H2/c1-4-7-9-8(5-2)6-3;1-3-2;/h5,9H,4,6-7H2,1-3H3;3H2,1-2H3;1H/b8-5+;;. The maximum absolute atomic E-state index is 3.33. The van der Waals surface area contributed by atoms with E-state index in [-0.39, 0.29) is 1.43 Å². The highest BCUT2D eigenvalue weighted by atomic mass is 14.9. The average molecular weight is 173 g/mol.